The van der Waals surface area contributed by atoms with Crippen LogP contribution in [0.15, 0.2) is 10.7 Å². The van der Waals surface area contributed by atoms with Crippen molar-refractivity contribution in [1.29, 1.82) is 0 Å². The molecule has 0 aromatic carbocycles. The van der Waals surface area contributed by atoms with Gasteiger partial charge >= 0.3 is 0 Å². The molecule has 0 bridgehead atoms. The van der Waals surface area contributed by atoms with Gasteiger partial charge in [0.05, 0.1) is 0 Å². The third-order valence-corrected chi connectivity index (χ3v) is 3.00. The summed E-state index contributed by atoms with van der Waals surface area (Å²) >= 11 is 3.37. The summed E-state index contributed by atoms with van der Waals surface area (Å²) in [5.41, 5.74) is 0. The van der Waals surface area contributed by atoms with Gasteiger partial charge in [0.2, 0.25) is 5.91 Å². The minimum absolute atomic E-state index is 0.0213. The number of rotatable bonds is 5. The SMILES string of the molecule is CNC(=O)CCNc1cc(Br)nc(C2CC2)n1. The maximum absolute atomic E-state index is 11.1. The zero-order valence-corrected chi connectivity index (χ0v) is 11.2. The van der Waals surface area contributed by atoms with Crippen molar-refractivity contribution >= 4 is 27.7 Å². The maximum Gasteiger partial charge on any atom is 0.221 e. The summed E-state index contributed by atoms with van der Waals surface area (Å²) < 4.78 is 0.789. The molecule has 1 aromatic rings. The van der Waals surface area contributed by atoms with Crippen LogP contribution in [-0.2, 0) is 4.79 Å². The van der Waals surface area contributed by atoms with Crippen molar-refractivity contribution in [3.63, 3.8) is 0 Å². The van der Waals surface area contributed by atoms with E-state index in [1.165, 1.54) is 12.8 Å². The van der Waals surface area contributed by atoms with Crippen LogP contribution in [0, 0.1) is 0 Å². The molecule has 1 heterocycles. The topological polar surface area (TPSA) is 66.9 Å². The highest BCUT2D eigenvalue weighted by Crippen LogP contribution is 2.38. The maximum atomic E-state index is 11.1. The Morgan fingerprint density at radius 1 is 1.53 bits per heavy atom. The molecule has 1 aliphatic carbocycles. The number of hydrogen-bond donors (Lipinski definition) is 2. The smallest absolute Gasteiger partial charge is 0.221 e. The van der Waals surface area contributed by atoms with Crippen molar-refractivity contribution in [2.75, 3.05) is 18.9 Å². The van der Waals surface area contributed by atoms with Crippen LogP contribution in [0.2, 0.25) is 0 Å². The number of hydrogen-bond acceptors (Lipinski definition) is 4. The van der Waals surface area contributed by atoms with E-state index in [4.69, 9.17) is 0 Å². The van der Waals surface area contributed by atoms with Gasteiger partial charge in [-0.2, -0.15) is 0 Å². The minimum Gasteiger partial charge on any atom is -0.369 e. The molecule has 6 heteroatoms. The third-order valence-electron chi connectivity index (χ3n) is 2.59. The fourth-order valence-electron chi connectivity index (χ4n) is 1.48. The summed E-state index contributed by atoms with van der Waals surface area (Å²) in [4.78, 5) is 19.8. The van der Waals surface area contributed by atoms with E-state index < -0.39 is 0 Å². The monoisotopic (exact) mass is 298 g/mol. The van der Waals surface area contributed by atoms with Crippen LogP contribution in [0.1, 0.15) is 31.0 Å². The van der Waals surface area contributed by atoms with Gasteiger partial charge in [-0.05, 0) is 28.8 Å². The lowest BCUT2D eigenvalue weighted by Crippen LogP contribution is -2.21. The van der Waals surface area contributed by atoms with E-state index in [1.54, 1.807) is 7.05 Å². The largest absolute Gasteiger partial charge is 0.369 e. The summed E-state index contributed by atoms with van der Waals surface area (Å²) in [6, 6.07) is 1.83. The van der Waals surface area contributed by atoms with Crippen molar-refractivity contribution < 1.29 is 4.79 Å². The number of amides is 1. The average Bonchev–Trinajstić information content (AvgIpc) is 3.12. The van der Waals surface area contributed by atoms with Gasteiger partial charge in [0.1, 0.15) is 16.2 Å². The molecule has 0 aliphatic heterocycles. The van der Waals surface area contributed by atoms with Gasteiger partial charge in [0, 0.05) is 32.0 Å². The number of halogens is 1. The summed E-state index contributed by atoms with van der Waals surface area (Å²) in [7, 11) is 1.63. The lowest BCUT2D eigenvalue weighted by atomic mass is 10.3. The molecular formula is C11H15BrN4O. The third kappa shape index (κ3) is 3.66. The molecule has 1 aromatic heterocycles. The van der Waals surface area contributed by atoms with Crippen molar-refractivity contribution in [3.05, 3.63) is 16.5 Å². The molecule has 0 atom stereocenters. The predicted molar refractivity (Wildman–Crippen MR) is 68.9 cm³/mol. The van der Waals surface area contributed by atoms with Gasteiger partial charge in [-0.1, -0.05) is 0 Å². The highest BCUT2D eigenvalue weighted by Gasteiger charge is 2.27. The Balaban J connectivity index is 1.93. The van der Waals surface area contributed by atoms with Gasteiger partial charge in [0.25, 0.3) is 0 Å². The Bertz CT molecular complexity index is 420. The van der Waals surface area contributed by atoms with Gasteiger partial charge in [-0.3, -0.25) is 4.79 Å². The minimum atomic E-state index is 0.0213. The Labute approximate surface area is 109 Å². The molecule has 0 unspecified atom stereocenters. The molecule has 92 valence electrons. The Hall–Kier alpha value is -1.17. The second kappa shape index (κ2) is 5.44. The molecule has 1 aliphatic rings. The van der Waals surface area contributed by atoms with Crippen LogP contribution in [0.4, 0.5) is 5.82 Å². The second-order valence-electron chi connectivity index (χ2n) is 4.06. The lowest BCUT2D eigenvalue weighted by molar-refractivity contribution is -0.120. The first kappa shape index (κ1) is 12.3. The molecule has 2 rings (SSSR count). The molecular weight excluding hydrogens is 284 g/mol. The molecule has 1 saturated carbocycles. The molecule has 5 nitrogen and oxygen atoms in total. The quantitative estimate of drug-likeness (QED) is 0.812. The van der Waals surface area contributed by atoms with Gasteiger partial charge in [-0.15, -0.1) is 0 Å². The normalized spacial score (nSPS) is 14.5. The van der Waals surface area contributed by atoms with E-state index in [2.05, 4.69) is 36.5 Å². The van der Waals surface area contributed by atoms with Crippen LogP contribution in [0.5, 0.6) is 0 Å². The number of nitrogens with zero attached hydrogens (tertiary/aromatic N) is 2. The summed E-state index contributed by atoms with van der Waals surface area (Å²) in [5.74, 6) is 2.21. The van der Waals surface area contributed by atoms with Gasteiger partial charge in [-0.25, -0.2) is 9.97 Å². The molecule has 1 fully saturated rings. The van der Waals surface area contributed by atoms with Crippen molar-refractivity contribution in [2.24, 2.45) is 0 Å². The van der Waals surface area contributed by atoms with E-state index in [0.717, 1.165) is 16.2 Å². The standard InChI is InChI=1S/C11H15BrN4O/c1-13-10(17)4-5-14-9-6-8(12)15-11(16-9)7-2-3-7/h6-7H,2-5H2,1H3,(H,13,17)(H,14,15,16). The highest BCUT2D eigenvalue weighted by molar-refractivity contribution is 9.10. The number of nitrogens with one attached hydrogen (secondary N) is 2. The first-order chi connectivity index (χ1) is 8.19. The van der Waals surface area contributed by atoms with Crippen LogP contribution < -0.4 is 10.6 Å². The molecule has 17 heavy (non-hydrogen) atoms. The van der Waals surface area contributed by atoms with Crippen molar-refractivity contribution in [2.45, 2.75) is 25.2 Å². The Morgan fingerprint density at radius 3 is 2.94 bits per heavy atom. The Kier molecular flexibility index (Phi) is 3.93. The summed E-state index contributed by atoms with van der Waals surface area (Å²) in [5, 5.41) is 5.71. The zero-order chi connectivity index (χ0) is 12.3. The summed E-state index contributed by atoms with van der Waals surface area (Å²) in [6.45, 7) is 0.577. The number of anilines is 1. The second-order valence-corrected chi connectivity index (χ2v) is 4.87. The Morgan fingerprint density at radius 2 is 2.29 bits per heavy atom. The van der Waals surface area contributed by atoms with E-state index in [-0.39, 0.29) is 5.91 Å². The highest BCUT2D eigenvalue weighted by atomic mass is 79.9. The molecule has 2 N–H and O–H groups in total. The fraction of sp³-hybridized carbons (Fsp3) is 0.545. The number of carbonyl (C=O) groups is 1. The van der Waals surface area contributed by atoms with E-state index in [1.807, 2.05) is 6.07 Å². The first-order valence-corrected chi connectivity index (χ1v) is 6.47. The number of carbonyl (C=O) groups excluding carboxylic acids is 1. The average molecular weight is 299 g/mol. The van der Waals surface area contributed by atoms with Crippen LogP contribution in [-0.4, -0.2) is 29.5 Å². The fourth-order valence-corrected chi connectivity index (χ4v) is 1.88. The molecule has 1 amide bonds. The number of aromatic nitrogens is 2. The molecule has 0 spiro atoms. The first-order valence-electron chi connectivity index (χ1n) is 5.68. The lowest BCUT2D eigenvalue weighted by Gasteiger charge is -2.07. The van der Waals surface area contributed by atoms with E-state index in [9.17, 15) is 4.79 Å². The summed E-state index contributed by atoms with van der Waals surface area (Å²) in [6.07, 6.45) is 2.79. The van der Waals surface area contributed by atoms with Crippen molar-refractivity contribution in [1.82, 2.24) is 15.3 Å². The molecule has 0 saturated heterocycles. The van der Waals surface area contributed by atoms with E-state index >= 15 is 0 Å². The van der Waals surface area contributed by atoms with Crippen LogP contribution >= 0.6 is 15.9 Å². The van der Waals surface area contributed by atoms with Crippen molar-refractivity contribution in [3.8, 4) is 0 Å². The molecule has 0 radical (unpaired) electrons. The van der Waals surface area contributed by atoms with Crippen LogP contribution in [0.3, 0.4) is 0 Å². The van der Waals surface area contributed by atoms with E-state index in [0.29, 0.717) is 18.9 Å². The van der Waals surface area contributed by atoms with Gasteiger partial charge in [0.15, 0.2) is 0 Å². The predicted octanol–water partition coefficient (Wildman–Crippen LogP) is 1.66. The zero-order valence-electron chi connectivity index (χ0n) is 9.66. The van der Waals surface area contributed by atoms with Gasteiger partial charge < -0.3 is 10.6 Å². The van der Waals surface area contributed by atoms with Crippen LogP contribution in [0.25, 0.3) is 0 Å².